The molecule has 1 aromatic carbocycles. The number of hydrogen-bond donors (Lipinski definition) is 1. The van der Waals surface area contributed by atoms with Gasteiger partial charge in [-0.05, 0) is 45.5 Å². The molecule has 0 heterocycles. The van der Waals surface area contributed by atoms with Crippen LogP contribution < -0.4 is 10.1 Å². The molecule has 0 spiro atoms. The van der Waals surface area contributed by atoms with E-state index < -0.39 is 0 Å². The first-order chi connectivity index (χ1) is 8.48. The van der Waals surface area contributed by atoms with E-state index in [0.29, 0.717) is 24.6 Å². The summed E-state index contributed by atoms with van der Waals surface area (Å²) in [5, 5.41) is 12.7. The summed E-state index contributed by atoms with van der Waals surface area (Å²) in [7, 11) is 1.88. The lowest BCUT2D eigenvalue weighted by molar-refractivity contribution is 0.262. The van der Waals surface area contributed by atoms with Crippen molar-refractivity contribution in [2.24, 2.45) is 5.41 Å². The topological polar surface area (TPSA) is 45.0 Å². The summed E-state index contributed by atoms with van der Waals surface area (Å²) >= 11 is 5.96. The van der Waals surface area contributed by atoms with Crippen LogP contribution in [-0.2, 0) is 6.54 Å². The second-order valence-corrected chi connectivity index (χ2v) is 5.31. The zero-order chi connectivity index (χ0) is 13.6. The van der Waals surface area contributed by atoms with Gasteiger partial charge in [0.1, 0.15) is 5.75 Å². The van der Waals surface area contributed by atoms with Crippen molar-refractivity contribution < 1.29 is 4.74 Å². The molecule has 0 aromatic heterocycles. The highest BCUT2D eigenvalue weighted by Crippen LogP contribution is 2.24. The molecule has 0 radical (unpaired) electrons. The van der Waals surface area contributed by atoms with Gasteiger partial charge in [0, 0.05) is 17.1 Å². The summed E-state index contributed by atoms with van der Waals surface area (Å²) in [6, 6.07) is 7.84. The summed E-state index contributed by atoms with van der Waals surface area (Å²) < 4.78 is 5.73. The molecule has 0 bridgehead atoms. The van der Waals surface area contributed by atoms with E-state index in [9.17, 15) is 0 Å². The first-order valence-corrected chi connectivity index (χ1v) is 6.33. The Morgan fingerprint density at radius 3 is 2.78 bits per heavy atom. The average molecular weight is 267 g/mol. The number of nitriles is 1. The highest BCUT2D eigenvalue weighted by Gasteiger charge is 2.16. The van der Waals surface area contributed by atoms with Gasteiger partial charge in [0.15, 0.2) is 0 Å². The first-order valence-electron chi connectivity index (χ1n) is 5.95. The molecule has 1 rings (SSSR count). The van der Waals surface area contributed by atoms with Gasteiger partial charge in [-0.2, -0.15) is 5.26 Å². The molecular formula is C14H19ClN2O. The molecular weight excluding hydrogens is 248 g/mol. The Bertz CT molecular complexity index is 438. The van der Waals surface area contributed by atoms with Crippen LogP contribution in [0.25, 0.3) is 0 Å². The van der Waals surface area contributed by atoms with Crippen LogP contribution >= 0.6 is 11.6 Å². The molecule has 0 saturated heterocycles. The Hall–Kier alpha value is -1.24. The Kier molecular flexibility index (Phi) is 5.46. The van der Waals surface area contributed by atoms with E-state index in [1.54, 1.807) is 0 Å². The highest BCUT2D eigenvalue weighted by molar-refractivity contribution is 6.30. The number of nitrogens with one attached hydrogen (secondary N) is 1. The molecule has 4 heteroatoms. The smallest absolute Gasteiger partial charge is 0.123 e. The Morgan fingerprint density at radius 1 is 1.44 bits per heavy atom. The van der Waals surface area contributed by atoms with Gasteiger partial charge in [-0.15, -0.1) is 0 Å². The molecule has 3 nitrogen and oxygen atoms in total. The Labute approximate surface area is 114 Å². The molecule has 0 atom stereocenters. The molecule has 0 unspecified atom stereocenters. The summed E-state index contributed by atoms with van der Waals surface area (Å²) in [5.74, 6) is 0.822. The van der Waals surface area contributed by atoms with Crippen molar-refractivity contribution in [3.8, 4) is 11.8 Å². The maximum atomic E-state index is 8.93. The number of benzene rings is 1. The number of ether oxygens (including phenoxy) is 1. The predicted molar refractivity (Wildman–Crippen MR) is 73.7 cm³/mol. The fourth-order valence-electron chi connectivity index (χ4n) is 1.49. The van der Waals surface area contributed by atoms with Gasteiger partial charge >= 0.3 is 0 Å². The molecule has 1 aromatic rings. The van der Waals surface area contributed by atoms with E-state index in [2.05, 4.69) is 11.4 Å². The SMILES string of the molecule is CNCc1cc(Cl)ccc1OCCC(C)(C)C#N. The van der Waals surface area contributed by atoms with Gasteiger partial charge in [-0.25, -0.2) is 0 Å². The number of rotatable bonds is 6. The maximum absolute atomic E-state index is 8.93. The fraction of sp³-hybridized carbons (Fsp3) is 0.500. The van der Waals surface area contributed by atoms with Crippen LogP contribution in [0.2, 0.25) is 5.02 Å². The zero-order valence-electron chi connectivity index (χ0n) is 11.1. The molecule has 18 heavy (non-hydrogen) atoms. The lowest BCUT2D eigenvalue weighted by Gasteiger charge is -2.17. The zero-order valence-corrected chi connectivity index (χ0v) is 11.8. The van der Waals surface area contributed by atoms with E-state index in [4.69, 9.17) is 21.6 Å². The summed E-state index contributed by atoms with van der Waals surface area (Å²) in [6.45, 7) is 5.05. The molecule has 0 aliphatic heterocycles. The molecule has 0 fully saturated rings. The lowest BCUT2D eigenvalue weighted by Crippen LogP contribution is -2.14. The minimum atomic E-state index is -0.352. The normalized spacial score (nSPS) is 11.1. The highest BCUT2D eigenvalue weighted by atomic mass is 35.5. The van der Waals surface area contributed by atoms with Gasteiger partial charge in [-0.3, -0.25) is 0 Å². The monoisotopic (exact) mass is 266 g/mol. The van der Waals surface area contributed by atoms with Crippen molar-refractivity contribution in [1.29, 1.82) is 5.26 Å². The molecule has 1 N–H and O–H groups in total. The minimum absolute atomic E-state index is 0.352. The number of nitrogens with zero attached hydrogens (tertiary/aromatic N) is 1. The van der Waals surface area contributed by atoms with Crippen molar-refractivity contribution >= 4 is 11.6 Å². The van der Waals surface area contributed by atoms with Crippen LogP contribution in [0.4, 0.5) is 0 Å². The van der Waals surface area contributed by atoms with Crippen molar-refractivity contribution in [1.82, 2.24) is 5.32 Å². The predicted octanol–water partition coefficient (Wildman–Crippen LogP) is 3.38. The van der Waals surface area contributed by atoms with E-state index in [0.717, 1.165) is 11.3 Å². The van der Waals surface area contributed by atoms with Crippen molar-refractivity contribution in [3.05, 3.63) is 28.8 Å². The van der Waals surface area contributed by atoms with Crippen molar-refractivity contribution in [3.63, 3.8) is 0 Å². The quantitative estimate of drug-likeness (QED) is 0.859. The van der Waals surface area contributed by atoms with Crippen LogP contribution in [0, 0.1) is 16.7 Å². The van der Waals surface area contributed by atoms with Crippen LogP contribution in [0.3, 0.4) is 0 Å². The molecule has 0 aliphatic carbocycles. The number of hydrogen-bond acceptors (Lipinski definition) is 3. The average Bonchev–Trinajstić information content (AvgIpc) is 2.32. The van der Waals surface area contributed by atoms with Gasteiger partial charge in [0.25, 0.3) is 0 Å². The largest absolute Gasteiger partial charge is 0.493 e. The van der Waals surface area contributed by atoms with Crippen molar-refractivity contribution in [2.75, 3.05) is 13.7 Å². The lowest BCUT2D eigenvalue weighted by atomic mass is 9.92. The molecule has 0 aliphatic rings. The van der Waals surface area contributed by atoms with Gasteiger partial charge < -0.3 is 10.1 Å². The fourth-order valence-corrected chi connectivity index (χ4v) is 1.68. The molecule has 0 saturated carbocycles. The Balaban J connectivity index is 2.65. The van der Waals surface area contributed by atoms with Crippen LogP contribution in [0.1, 0.15) is 25.8 Å². The Morgan fingerprint density at radius 2 is 2.17 bits per heavy atom. The summed E-state index contributed by atoms with van der Waals surface area (Å²) in [4.78, 5) is 0. The second-order valence-electron chi connectivity index (χ2n) is 4.88. The standard InChI is InChI=1S/C14H19ClN2O/c1-14(2,10-16)6-7-18-13-5-4-12(15)8-11(13)9-17-3/h4-5,8,17H,6-7,9H2,1-3H3. The summed E-state index contributed by atoms with van der Waals surface area (Å²) in [5.41, 5.74) is 0.676. The third-order valence-corrected chi connectivity index (χ3v) is 2.91. The number of halogens is 1. The van der Waals surface area contributed by atoms with Crippen LogP contribution in [0.5, 0.6) is 5.75 Å². The van der Waals surface area contributed by atoms with E-state index in [-0.39, 0.29) is 5.41 Å². The second kappa shape index (κ2) is 6.63. The molecule has 98 valence electrons. The summed E-state index contributed by atoms with van der Waals surface area (Å²) in [6.07, 6.45) is 0.700. The van der Waals surface area contributed by atoms with E-state index in [1.165, 1.54) is 0 Å². The van der Waals surface area contributed by atoms with E-state index in [1.807, 2.05) is 39.1 Å². The van der Waals surface area contributed by atoms with Gasteiger partial charge in [-0.1, -0.05) is 11.6 Å². The third kappa shape index (κ3) is 4.56. The maximum Gasteiger partial charge on any atom is 0.123 e. The first kappa shape index (κ1) is 14.8. The molecule has 0 amide bonds. The van der Waals surface area contributed by atoms with Crippen molar-refractivity contribution in [2.45, 2.75) is 26.8 Å². The van der Waals surface area contributed by atoms with Gasteiger partial charge in [0.05, 0.1) is 18.1 Å². The van der Waals surface area contributed by atoms with Crippen LogP contribution in [-0.4, -0.2) is 13.7 Å². The third-order valence-electron chi connectivity index (χ3n) is 2.68. The van der Waals surface area contributed by atoms with Crippen LogP contribution in [0.15, 0.2) is 18.2 Å². The van der Waals surface area contributed by atoms with Gasteiger partial charge in [0.2, 0.25) is 0 Å². The minimum Gasteiger partial charge on any atom is -0.493 e. The van der Waals surface area contributed by atoms with E-state index >= 15 is 0 Å².